The first-order valence-electron chi connectivity index (χ1n) is 5.54. The van der Waals surface area contributed by atoms with Crippen LogP contribution in [-0.2, 0) is 12.8 Å². The Morgan fingerprint density at radius 2 is 2.00 bits per heavy atom. The van der Waals surface area contributed by atoms with Crippen LogP contribution in [0.2, 0.25) is 0 Å². The fourth-order valence-electron chi connectivity index (χ4n) is 1.89. The Morgan fingerprint density at radius 3 is 2.62 bits per heavy atom. The van der Waals surface area contributed by atoms with Crippen LogP contribution in [0, 0.1) is 0 Å². The number of halogens is 1. The van der Waals surface area contributed by atoms with Gasteiger partial charge >= 0.3 is 0 Å². The summed E-state index contributed by atoms with van der Waals surface area (Å²) in [4.78, 5) is 0. The van der Waals surface area contributed by atoms with Gasteiger partial charge in [0.05, 0.1) is 5.69 Å². The Balaban J connectivity index is 2.44. The lowest BCUT2D eigenvalue weighted by atomic mass is 10.0. The summed E-state index contributed by atoms with van der Waals surface area (Å²) in [6.45, 7) is 2.13. The number of aromatic nitrogens is 2. The number of rotatable bonds is 4. The number of nitrogens with one attached hydrogen (secondary N) is 1. The van der Waals surface area contributed by atoms with Gasteiger partial charge in [-0.2, -0.15) is 5.10 Å². The number of benzene rings is 1. The minimum atomic E-state index is 0.631. The quantitative estimate of drug-likeness (QED) is 0.807. The van der Waals surface area contributed by atoms with E-state index in [4.69, 9.17) is 11.6 Å². The summed E-state index contributed by atoms with van der Waals surface area (Å²) >= 11 is 5.84. The van der Waals surface area contributed by atoms with Gasteiger partial charge in [0.25, 0.3) is 0 Å². The van der Waals surface area contributed by atoms with E-state index in [1.54, 1.807) is 0 Å². The van der Waals surface area contributed by atoms with E-state index in [2.05, 4.69) is 29.3 Å². The molecule has 0 saturated carbocycles. The van der Waals surface area contributed by atoms with Crippen LogP contribution in [0.15, 0.2) is 30.3 Å². The van der Waals surface area contributed by atoms with E-state index in [-0.39, 0.29) is 0 Å². The van der Waals surface area contributed by atoms with Crippen LogP contribution in [0.5, 0.6) is 0 Å². The molecule has 0 saturated heterocycles. The van der Waals surface area contributed by atoms with Crippen molar-refractivity contribution in [2.45, 2.75) is 19.8 Å². The van der Waals surface area contributed by atoms with Gasteiger partial charge in [0, 0.05) is 22.7 Å². The largest absolute Gasteiger partial charge is 0.282 e. The zero-order chi connectivity index (χ0) is 11.4. The molecule has 2 rings (SSSR count). The molecule has 2 aromatic rings. The maximum absolute atomic E-state index is 5.84. The van der Waals surface area contributed by atoms with Crippen molar-refractivity contribution in [2.75, 3.05) is 5.88 Å². The molecule has 84 valence electrons. The molecule has 3 heteroatoms. The SMILES string of the molecule is CCc1[nH]nc(-c2ccccc2)c1CCCl. The van der Waals surface area contributed by atoms with Gasteiger partial charge in [-0.05, 0) is 12.8 Å². The Bertz CT molecular complexity index is 448. The molecule has 1 N–H and O–H groups in total. The highest BCUT2D eigenvalue weighted by molar-refractivity contribution is 6.18. The maximum atomic E-state index is 5.84. The zero-order valence-electron chi connectivity index (χ0n) is 9.33. The van der Waals surface area contributed by atoms with Crippen LogP contribution < -0.4 is 0 Å². The third kappa shape index (κ3) is 2.12. The summed E-state index contributed by atoms with van der Waals surface area (Å²) in [5.41, 5.74) is 4.64. The normalized spacial score (nSPS) is 10.6. The Labute approximate surface area is 101 Å². The van der Waals surface area contributed by atoms with Gasteiger partial charge in [-0.3, -0.25) is 5.10 Å². The fraction of sp³-hybridized carbons (Fsp3) is 0.308. The van der Waals surface area contributed by atoms with E-state index < -0.39 is 0 Å². The summed E-state index contributed by atoms with van der Waals surface area (Å²) in [5, 5.41) is 7.49. The lowest BCUT2D eigenvalue weighted by molar-refractivity contribution is 0.958. The summed E-state index contributed by atoms with van der Waals surface area (Å²) in [5.74, 6) is 0.631. The van der Waals surface area contributed by atoms with Gasteiger partial charge in [0.15, 0.2) is 0 Å². The van der Waals surface area contributed by atoms with Gasteiger partial charge in [0.1, 0.15) is 0 Å². The number of aryl methyl sites for hydroxylation is 1. The van der Waals surface area contributed by atoms with E-state index in [1.165, 1.54) is 11.3 Å². The molecule has 0 unspecified atom stereocenters. The predicted molar refractivity (Wildman–Crippen MR) is 67.8 cm³/mol. The first kappa shape index (κ1) is 11.2. The first-order valence-corrected chi connectivity index (χ1v) is 6.07. The fourth-order valence-corrected chi connectivity index (χ4v) is 2.08. The predicted octanol–water partition coefficient (Wildman–Crippen LogP) is 3.42. The van der Waals surface area contributed by atoms with Crippen LogP contribution in [0.3, 0.4) is 0 Å². The Kier molecular flexibility index (Phi) is 3.62. The summed E-state index contributed by atoms with van der Waals surface area (Å²) in [7, 11) is 0. The molecule has 0 atom stereocenters. The topological polar surface area (TPSA) is 28.7 Å². The third-order valence-corrected chi connectivity index (χ3v) is 2.89. The van der Waals surface area contributed by atoms with Crippen molar-refractivity contribution in [3.63, 3.8) is 0 Å². The minimum Gasteiger partial charge on any atom is -0.282 e. The Morgan fingerprint density at radius 1 is 1.25 bits per heavy atom. The highest BCUT2D eigenvalue weighted by atomic mass is 35.5. The number of hydrogen-bond donors (Lipinski definition) is 1. The molecule has 2 nitrogen and oxygen atoms in total. The maximum Gasteiger partial charge on any atom is 0.0955 e. The average Bonchev–Trinajstić information content (AvgIpc) is 2.74. The number of alkyl halides is 1. The first-order chi connectivity index (χ1) is 7.86. The average molecular weight is 235 g/mol. The molecule has 0 bridgehead atoms. The van der Waals surface area contributed by atoms with Crippen molar-refractivity contribution in [2.24, 2.45) is 0 Å². The van der Waals surface area contributed by atoms with Gasteiger partial charge in [-0.25, -0.2) is 0 Å². The lowest BCUT2D eigenvalue weighted by Crippen LogP contribution is -1.93. The van der Waals surface area contributed by atoms with Gasteiger partial charge in [-0.15, -0.1) is 11.6 Å². The monoisotopic (exact) mass is 234 g/mol. The van der Waals surface area contributed by atoms with E-state index in [0.717, 1.165) is 24.1 Å². The molecular formula is C13H15ClN2. The molecule has 0 fully saturated rings. The molecule has 0 aliphatic rings. The second kappa shape index (κ2) is 5.17. The van der Waals surface area contributed by atoms with E-state index >= 15 is 0 Å². The second-order valence-electron chi connectivity index (χ2n) is 3.69. The smallest absolute Gasteiger partial charge is 0.0955 e. The van der Waals surface area contributed by atoms with Crippen LogP contribution in [-0.4, -0.2) is 16.1 Å². The molecule has 0 amide bonds. The van der Waals surface area contributed by atoms with Crippen LogP contribution in [0.4, 0.5) is 0 Å². The molecule has 0 aliphatic carbocycles. The van der Waals surface area contributed by atoms with E-state index in [1.807, 2.05) is 18.2 Å². The van der Waals surface area contributed by atoms with Gasteiger partial charge < -0.3 is 0 Å². The van der Waals surface area contributed by atoms with Crippen molar-refractivity contribution < 1.29 is 0 Å². The molecule has 1 aromatic heterocycles. The zero-order valence-corrected chi connectivity index (χ0v) is 10.1. The molecule has 0 spiro atoms. The Hall–Kier alpha value is -1.28. The van der Waals surface area contributed by atoms with Gasteiger partial charge in [-0.1, -0.05) is 37.3 Å². The van der Waals surface area contributed by atoms with Crippen LogP contribution in [0.1, 0.15) is 18.2 Å². The van der Waals surface area contributed by atoms with Crippen LogP contribution in [0.25, 0.3) is 11.3 Å². The van der Waals surface area contributed by atoms with Crippen molar-refractivity contribution in [1.29, 1.82) is 0 Å². The highest BCUT2D eigenvalue weighted by Crippen LogP contribution is 2.24. The van der Waals surface area contributed by atoms with Crippen LogP contribution >= 0.6 is 11.6 Å². The van der Waals surface area contributed by atoms with Crippen molar-refractivity contribution >= 4 is 11.6 Å². The highest BCUT2D eigenvalue weighted by Gasteiger charge is 2.12. The molecule has 1 heterocycles. The van der Waals surface area contributed by atoms with Gasteiger partial charge in [0.2, 0.25) is 0 Å². The standard InChI is InChI=1S/C13H15ClN2/c1-2-12-11(8-9-14)13(16-15-12)10-6-4-3-5-7-10/h3-7H,2,8-9H2,1H3,(H,15,16). The third-order valence-electron chi connectivity index (χ3n) is 2.70. The lowest BCUT2D eigenvalue weighted by Gasteiger charge is -2.02. The van der Waals surface area contributed by atoms with Crippen molar-refractivity contribution in [3.8, 4) is 11.3 Å². The summed E-state index contributed by atoms with van der Waals surface area (Å²) in [6.07, 6.45) is 1.83. The number of nitrogens with zero attached hydrogens (tertiary/aromatic N) is 1. The summed E-state index contributed by atoms with van der Waals surface area (Å²) in [6, 6.07) is 10.2. The molecular weight excluding hydrogens is 220 g/mol. The number of H-pyrrole nitrogens is 1. The molecule has 0 aliphatic heterocycles. The second-order valence-corrected chi connectivity index (χ2v) is 4.07. The number of aromatic amines is 1. The van der Waals surface area contributed by atoms with Crippen molar-refractivity contribution in [1.82, 2.24) is 10.2 Å². The molecule has 16 heavy (non-hydrogen) atoms. The number of hydrogen-bond acceptors (Lipinski definition) is 1. The molecule has 1 aromatic carbocycles. The minimum absolute atomic E-state index is 0.631. The molecule has 0 radical (unpaired) electrons. The van der Waals surface area contributed by atoms with E-state index in [0.29, 0.717) is 5.88 Å². The van der Waals surface area contributed by atoms with E-state index in [9.17, 15) is 0 Å². The summed E-state index contributed by atoms with van der Waals surface area (Å²) < 4.78 is 0. The van der Waals surface area contributed by atoms with Crippen molar-refractivity contribution in [3.05, 3.63) is 41.6 Å².